The van der Waals surface area contributed by atoms with E-state index in [0.29, 0.717) is 6.42 Å². The van der Waals surface area contributed by atoms with E-state index >= 15 is 0 Å². The van der Waals surface area contributed by atoms with Crippen molar-refractivity contribution >= 4 is 34.6 Å². The summed E-state index contributed by atoms with van der Waals surface area (Å²) < 4.78 is 0. The number of carbonyl (C=O) groups is 2. The lowest BCUT2D eigenvalue weighted by Crippen LogP contribution is -2.34. The highest BCUT2D eigenvalue weighted by molar-refractivity contribution is 5.98. The highest BCUT2D eigenvalue weighted by atomic mass is 16.2. The summed E-state index contributed by atoms with van der Waals surface area (Å²) in [6.07, 6.45) is 7.97. The van der Waals surface area contributed by atoms with E-state index in [9.17, 15) is 9.59 Å². The van der Waals surface area contributed by atoms with E-state index in [1.807, 2.05) is 36.4 Å². The molecule has 3 fully saturated rings. The third-order valence-corrected chi connectivity index (χ3v) is 7.63. The number of anilines is 4. The Balaban J connectivity index is 1.22. The fraction of sp³-hybridized carbons (Fsp3) is 0.500. The fourth-order valence-electron chi connectivity index (χ4n) is 5.76. The van der Waals surface area contributed by atoms with Gasteiger partial charge in [-0.3, -0.25) is 9.59 Å². The summed E-state index contributed by atoms with van der Waals surface area (Å²) in [5, 5.41) is 6.39. The van der Waals surface area contributed by atoms with Gasteiger partial charge in [0.15, 0.2) is 0 Å². The van der Waals surface area contributed by atoms with E-state index in [-0.39, 0.29) is 23.7 Å². The first-order chi connectivity index (χ1) is 16.7. The van der Waals surface area contributed by atoms with Crippen LogP contribution in [0, 0.1) is 11.8 Å². The first-order valence-corrected chi connectivity index (χ1v) is 13.0. The Hall–Kier alpha value is -3.02. The van der Waals surface area contributed by atoms with E-state index in [4.69, 9.17) is 0 Å². The lowest BCUT2D eigenvalue weighted by molar-refractivity contribution is -0.124. The summed E-state index contributed by atoms with van der Waals surface area (Å²) in [4.78, 5) is 31.1. The van der Waals surface area contributed by atoms with Gasteiger partial charge in [-0.05, 0) is 69.2 Å². The number of benzene rings is 2. The maximum atomic E-state index is 13.2. The molecule has 0 bridgehead atoms. The number of nitrogens with one attached hydrogen (secondary N) is 2. The molecule has 2 aliphatic heterocycles. The van der Waals surface area contributed by atoms with Gasteiger partial charge in [0.05, 0.1) is 22.7 Å². The Morgan fingerprint density at radius 3 is 1.47 bits per heavy atom. The van der Waals surface area contributed by atoms with Crippen LogP contribution in [0.1, 0.15) is 51.4 Å². The quantitative estimate of drug-likeness (QED) is 0.616. The molecule has 1 aliphatic carbocycles. The van der Waals surface area contributed by atoms with Gasteiger partial charge in [-0.1, -0.05) is 30.7 Å². The second-order valence-corrected chi connectivity index (χ2v) is 9.96. The second-order valence-electron chi connectivity index (χ2n) is 9.96. The van der Waals surface area contributed by atoms with E-state index in [1.165, 1.54) is 25.7 Å². The van der Waals surface area contributed by atoms with Gasteiger partial charge in [0.1, 0.15) is 0 Å². The number of carbonyl (C=O) groups excluding carboxylic acids is 2. The van der Waals surface area contributed by atoms with Gasteiger partial charge in [0.25, 0.3) is 0 Å². The van der Waals surface area contributed by atoms with Crippen molar-refractivity contribution in [1.82, 2.24) is 0 Å². The maximum absolute atomic E-state index is 13.2. The van der Waals surface area contributed by atoms with Crippen LogP contribution in [0.25, 0.3) is 0 Å². The Labute approximate surface area is 202 Å². The minimum Gasteiger partial charge on any atom is -0.370 e. The molecule has 0 radical (unpaired) electrons. The number of para-hydroxylation sites is 4. The Bertz CT molecular complexity index is 931. The third-order valence-electron chi connectivity index (χ3n) is 7.63. The molecule has 180 valence electrons. The number of rotatable bonds is 6. The highest BCUT2D eigenvalue weighted by Gasteiger charge is 2.32. The number of hydrogen-bond acceptors (Lipinski definition) is 4. The van der Waals surface area contributed by atoms with Gasteiger partial charge >= 0.3 is 0 Å². The Morgan fingerprint density at radius 2 is 1.03 bits per heavy atom. The average molecular weight is 461 g/mol. The minimum absolute atomic E-state index is 0.0432. The molecule has 1 saturated carbocycles. The van der Waals surface area contributed by atoms with Crippen molar-refractivity contribution in [2.45, 2.75) is 51.4 Å². The average Bonchev–Trinajstić information content (AvgIpc) is 3.60. The summed E-state index contributed by atoms with van der Waals surface area (Å²) in [6, 6.07) is 16.2. The van der Waals surface area contributed by atoms with Crippen LogP contribution in [0.4, 0.5) is 22.7 Å². The molecule has 3 aliphatic rings. The summed E-state index contributed by atoms with van der Waals surface area (Å²) in [5.74, 6) is -0.182. The van der Waals surface area contributed by atoms with Crippen molar-refractivity contribution in [3.63, 3.8) is 0 Å². The molecule has 2 saturated heterocycles. The summed E-state index contributed by atoms with van der Waals surface area (Å²) in [7, 11) is 0. The summed E-state index contributed by atoms with van der Waals surface area (Å²) in [5.41, 5.74) is 4.00. The zero-order valence-electron chi connectivity index (χ0n) is 20.0. The smallest absolute Gasteiger partial charge is 0.227 e. The third kappa shape index (κ3) is 5.06. The minimum atomic E-state index is -0.134. The Kier molecular flexibility index (Phi) is 7.02. The lowest BCUT2D eigenvalue weighted by atomic mass is 9.80. The SMILES string of the molecule is O=C(Nc1ccccc1N1CCCC1)C1CCCC(C(=O)Nc2ccccc2N2CCCC2)C1. The van der Waals surface area contributed by atoms with Crippen LogP contribution in [-0.2, 0) is 9.59 Å². The second kappa shape index (κ2) is 10.5. The molecule has 2 amide bonds. The van der Waals surface area contributed by atoms with E-state index in [1.54, 1.807) is 0 Å². The van der Waals surface area contributed by atoms with E-state index < -0.39 is 0 Å². The summed E-state index contributed by atoms with van der Waals surface area (Å²) >= 11 is 0. The maximum Gasteiger partial charge on any atom is 0.227 e. The molecule has 2 unspecified atom stereocenters. The Morgan fingerprint density at radius 1 is 0.618 bits per heavy atom. The number of nitrogens with zero attached hydrogens (tertiary/aromatic N) is 2. The molecule has 2 heterocycles. The number of hydrogen-bond donors (Lipinski definition) is 2. The highest BCUT2D eigenvalue weighted by Crippen LogP contribution is 2.35. The molecule has 2 atom stereocenters. The van der Waals surface area contributed by atoms with Crippen molar-refractivity contribution in [2.75, 3.05) is 46.6 Å². The van der Waals surface area contributed by atoms with Crippen LogP contribution in [0.2, 0.25) is 0 Å². The monoisotopic (exact) mass is 460 g/mol. The molecule has 2 aromatic carbocycles. The summed E-state index contributed by atoms with van der Waals surface area (Å²) in [6.45, 7) is 4.16. The molecule has 5 rings (SSSR count). The van der Waals surface area contributed by atoms with Gasteiger partial charge in [0, 0.05) is 38.0 Å². The molecule has 6 nitrogen and oxygen atoms in total. The zero-order chi connectivity index (χ0) is 23.3. The van der Waals surface area contributed by atoms with Crippen molar-refractivity contribution in [1.29, 1.82) is 0 Å². The molecule has 0 spiro atoms. The van der Waals surface area contributed by atoms with Crippen molar-refractivity contribution < 1.29 is 9.59 Å². The standard InChI is InChI=1S/C28H36N4O2/c33-27(29-23-12-1-3-14-25(23)31-16-5-6-17-31)21-10-9-11-22(20-21)28(34)30-24-13-2-4-15-26(24)32-18-7-8-19-32/h1-4,12-15,21-22H,5-11,16-20H2,(H,29,33)(H,30,34). The molecule has 0 aromatic heterocycles. The van der Waals surface area contributed by atoms with E-state index in [0.717, 1.165) is 68.2 Å². The largest absolute Gasteiger partial charge is 0.370 e. The molecule has 2 aromatic rings. The first kappa shape index (κ1) is 22.8. The zero-order valence-corrected chi connectivity index (χ0v) is 20.0. The van der Waals surface area contributed by atoms with Crippen molar-refractivity contribution in [3.05, 3.63) is 48.5 Å². The molecular formula is C28H36N4O2. The predicted octanol–water partition coefficient (Wildman–Crippen LogP) is 5.27. The van der Waals surface area contributed by atoms with Crippen LogP contribution in [-0.4, -0.2) is 38.0 Å². The van der Waals surface area contributed by atoms with E-state index in [2.05, 4.69) is 32.6 Å². The molecule has 6 heteroatoms. The van der Waals surface area contributed by atoms with Gasteiger partial charge in [-0.25, -0.2) is 0 Å². The topological polar surface area (TPSA) is 64.7 Å². The van der Waals surface area contributed by atoms with Crippen LogP contribution < -0.4 is 20.4 Å². The van der Waals surface area contributed by atoms with Gasteiger partial charge in [-0.2, -0.15) is 0 Å². The van der Waals surface area contributed by atoms with Crippen LogP contribution in [0.15, 0.2) is 48.5 Å². The molecule has 2 N–H and O–H groups in total. The number of amides is 2. The molecular weight excluding hydrogens is 424 g/mol. The van der Waals surface area contributed by atoms with Gasteiger partial charge in [-0.15, -0.1) is 0 Å². The molecule has 34 heavy (non-hydrogen) atoms. The first-order valence-electron chi connectivity index (χ1n) is 13.0. The van der Waals surface area contributed by atoms with Crippen LogP contribution >= 0.6 is 0 Å². The van der Waals surface area contributed by atoms with Crippen LogP contribution in [0.3, 0.4) is 0 Å². The predicted molar refractivity (Wildman–Crippen MR) is 138 cm³/mol. The van der Waals surface area contributed by atoms with Crippen molar-refractivity contribution in [3.8, 4) is 0 Å². The van der Waals surface area contributed by atoms with Crippen LogP contribution in [0.5, 0.6) is 0 Å². The van der Waals surface area contributed by atoms with Gasteiger partial charge in [0.2, 0.25) is 11.8 Å². The normalized spacial score (nSPS) is 22.6. The fourth-order valence-corrected chi connectivity index (χ4v) is 5.76. The van der Waals surface area contributed by atoms with Crippen molar-refractivity contribution in [2.24, 2.45) is 11.8 Å². The lowest BCUT2D eigenvalue weighted by Gasteiger charge is -2.29. The van der Waals surface area contributed by atoms with Gasteiger partial charge < -0.3 is 20.4 Å².